The molecule has 2 aliphatic rings. The van der Waals surface area contributed by atoms with Gasteiger partial charge in [-0.1, -0.05) is 0 Å². The molecular weight excluding hydrogens is 222 g/mol. The van der Waals surface area contributed by atoms with Gasteiger partial charge in [0.25, 0.3) is 0 Å². The van der Waals surface area contributed by atoms with Gasteiger partial charge in [-0.25, -0.2) is 0 Å². The summed E-state index contributed by atoms with van der Waals surface area (Å²) in [4.78, 5) is 5.02. The summed E-state index contributed by atoms with van der Waals surface area (Å²) in [5.41, 5.74) is 0. The predicted molar refractivity (Wildman–Crippen MR) is 77.9 cm³/mol. The van der Waals surface area contributed by atoms with Crippen molar-refractivity contribution in [2.75, 3.05) is 53.4 Å². The van der Waals surface area contributed by atoms with Gasteiger partial charge in [0.2, 0.25) is 0 Å². The largest absolute Gasteiger partial charge is 0.316 e. The lowest BCUT2D eigenvalue weighted by Gasteiger charge is -2.25. The lowest BCUT2D eigenvalue weighted by atomic mass is 9.96. The van der Waals surface area contributed by atoms with Crippen molar-refractivity contribution in [3.63, 3.8) is 0 Å². The molecule has 0 aromatic rings. The van der Waals surface area contributed by atoms with E-state index in [1.165, 1.54) is 71.4 Å². The van der Waals surface area contributed by atoms with Crippen molar-refractivity contribution in [2.24, 2.45) is 11.8 Å². The molecule has 2 rings (SSSR count). The summed E-state index contributed by atoms with van der Waals surface area (Å²) < 4.78 is 0. The molecule has 18 heavy (non-hydrogen) atoms. The average Bonchev–Trinajstić information content (AvgIpc) is 2.81. The van der Waals surface area contributed by atoms with E-state index in [9.17, 15) is 0 Å². The molecule has 2 unspecified atom stereocenters. The summed E-state index contributed by atoms with van der Waals surface area (Å²) >= 11 is 0. The number of piperidine rings is 1. The van der Waals surface area contributed by atoms with Crippen molar-refractivity contribution < 1.29 is 0 Å². The Labute approximate surface area is 113 Å². The highest BCUT2D eigenvalue weighted by molar-refractivity contribution is 4.74. The first-order chi connectivity index (χ1) is 8.74. The smallest absolute Gasteiger partial charge is 0.000756 e. The molecule has 106 valence electrons. The van der Waals surface area contributed by atoms with Crippen LogP contribution in [0.4, 0.5) is 0 Å². The lowest BCUT2D eigenvalue weighted by molar-refractivity contribution is 0.257. The first kappa shape index (κ1) is 14.3. The second kappa shape index (κ2) is 7.46. The fraction of sp³-hybridized carbons (Fsp3) is 1.00. The third kappa shape index (κ3) is 4.87. The van der Waals surface area contributed by atoms with Crippen molar-refractivity contribution in [3.05, 3.63) is 0 Å². The lowest BCUT2D eigenvalue weighted by Crippen LogP contribution is -2.32. The van der Waals surface area contributed by atoms with Gasteiger partial charge in [-0.2, -0.15) is 0 Å². The second-order valence-electron chi connectivity index (χ2n) is 6.51. The van der Waals surface area contributed by atoms with E-state index in [-0.39, 0.29) is 0 Å². The van der Waals surface area contributed by atoms with Crippen molar-refractivity contribution in [1.29, 1.82) is 0 Å². The number of nitrogens with zero attached hydrogens (tertiary/aromatic N) is 2. The molecule has 0 aromatic carbocycles. The van der Waals surface area contributed by atoms with Crippen molar-refractivity contribution >= 4 is 0 Å². The Hall–Kier alpha value is -0.120. The Kier molecular flexibility index (Phi) is 5.93. The summed E-state index contributed by atoms with van der Waals surface area (Å²) in [6, 6.07) is 0. The van der Waals surface area contributed by atoms with Crippen LogP contribution < -0.4 is 5.32 Å². The number of hydrogen-bond acceptors (Lipinski definition) is 3. The molecule has 3 heteroatoms. The first-order valence-electron chi connectivity index (χ1n) is 7.82. The van der Waals surface area contributed by atoms with Crippen LogP contribution in [0.1, 0.15) is 32.1 Å². The van der Waals surface area contributed by atoms with E-state index in [1.807, 2.05) is 0 Å². The van der Waals surface area contributed by atoms with Gasteiger partial charge in [-0.3, -0.25) is 0 Å². The van der Waals surface area contributed by atoms with Gasteiger partial charge in [-0.15, -0.1) is 0 Å². The third-order valence-corrected chi connectivity index (χ3v) is 4.73. The van der Waals surface area contributed by atoms with Gasteiger partial charge in [0.15, 0.2) is 0 Å². The maximum absolute atomic E-state index is 3.52. The molecule has 2 heterocycles. The van der Waals surface area contributed by atoms with Crippen LogP contribution >= 0.6 is 0 Å². The second-order valence-corrected chi connectivity index (χ2v) is 6.51. The van der Waals surface area contributed by atoms with Crippen LogP contribution in [0.3, 0.4) is 0 Å². The van der Waals surface area contributed by atoms with E-state index in [1.54, 1.807) is 0 Å². The summed E-state index contributed by atoms with van der Waals surface area (Å²) in [5.74, 6) is 1.88. The van der Waals surface area contributed by atoms with E-state index in [0.717, 1.165) is 11.8 Å². The van der Waals surface area contributed by atoms with E-state index in [4.69, 9.17) is 0 Å². The highest BCUT2D eigenvalue weighted by Gasteiger charge is 2.19. The van der Waals surface area contributed by atoms with Crippen LogP contribution in [0.15, 0.2) is 0 Å². The Bertz CT molecular complexity index is 217. The molecule has 0 radical (unpaired) electrons. The molecule has 0 aliphatic carbocycles. The minimum absolute atomic E-state index is 0.929. The number of rotatable bonds is 6. The van der Waals surface area contributed by atoms with Crippen LogP contribution in [-0.2, 0) is 0 Å². The molecule has 2 saturated heterocycles. The fourth-order valence-corrected chi connectivity index (χ4v) is 3.35. The summed E-state index contributed by atoms with van der Waals surface area (Å²) in [6.07, 6.45) is 7.01. The third-order valence-electron chi connectivity index (χ3n) is 4.73. The van der Waals surface area contributed by atoms with Crippen LogP contribution in [0, 0.1) is 11.8 Å². The molecule has 0 saturated carbocycles. The number of likely N-dealkylation sites (tertiary alicyclic amines) is 1. The zero-order chi connectivity index (χ0) is 12.8. The zero-order valence-electron chi connectivity index (χ0n) is 12.3. The van der Waals surface area contributed by atoms with Gasteiger partial charge in [0.05, 0.1) is 0 Å². The normalized spacial score (nSPS) is 30.2. The number of hydrogen-bond donors (Lipinski definition) is 1. The van der Waals surface area contributed by atoms with E-state index >= 15 is 0 Å². The number of nitrogens with one attached hydrogen (secondary N) is 1. The molecule has 0 amide bonds. The Morgan fingerprint density at radius 2 is 1.94 bits per heavy atom. The predicted octanol–water partition coefficient (Wildman–Crippen LogP) is 1.65. The van der Waals surface area contributed by atoms with Crippen LogP contribution in [-0.4, -0.2) is 63.2 Å². The van der Waals surface area contributed by atoms with Crippen LogP contribution in [0.2, 0.25) is 0 Å². The van der Waals surface area contributed by atoms with Crippen molar-refractivity contribution in [1.82, 2.24) is 15.1 Å². The van der Waals surface area contributed by atoms with E-state index in [0.29, 0.717) is 0 Å². The van der Waals surface area contributed by atoms with Gasteiger partial charge in [0, 0.05) is 6.54 Å². The van der Waals surface area contributed by atoms with E-state index < -0.39 is 0 Å². The molecule has 0 aromatic heterocycles. The summed E-state index contributed by atoms with van der Waals surface area (Å²) in [5, 5.41) is 3.52. The summed E-state index contributed by atoms with van der Waals surface area (Å²) in [7, 11) is 4.55. The molecule has 2 fully saturated rings. The average molecular weight is 253 g/mol. The SMILES string of the molecule is CN(CCC1CCCNC1)CCC1CCN(C)C1. The highest BCUT2D eigenvalue weighted by Crippen LogP contribution is 2.19. The van der Waals surface area contributed by atoms with E-state index in [2.05, 4.69) is 29.2 Å². The Morgan fingerprint density at radius 1 is 1.17 bits per heavy atom. The zero-order valence-corrected chi connectivity index (χ0v) is 12.3. The molecular formula is C15H31N3. The minimum Gasteiger partial charge on any atom is -0.316 e. The highest BCUT2D eigenvalue weighted by atomic mass is 15.1. The van der Waals surface area contributed by atoms with Crippen molar-refractivity contribution in [2.45, 2.75) is 32.1 Å². The molecule has 2 atom stereocenters. The Morgan fingerprint density at radius 3 is 2.56 bits per heavy atom. The molecule has 3 nitrogen and oxygen atoms in total. The standard InChI is InChI=1S/C15H31N3/c1-17(9-5-14-4-3-8-16-12-14)10-6-15-7-11-18(2)13-15/h14-16H,3-13H2,1-2H3. The molecule has 1 N–H and O–H groups in total. The van der Waals surface area contributed by atoms with Crippen LogP contribution in [0.5, 0.6) is 0 Å². The topological polar surface area (TPSA) is 18.5 Å². The fourth-order valence-electron chi connectivity index (χ4n) is 3.35. The van der Waals surface area contributed by atoms with Gasteiger partial charge >= 0.3 is 0 Å². The molecule has 0 bridgehead atoms. The minimum atomic E-state index is 0.929. The molecule has 2 aliphatic heterocycles. The van der Waals surface area contributed by atoms with Gasteiger partial charge in [0.1, 0.15) is 0 Å². The Balaban J connectivity index is 1.53. The maximum Gasteiger partial charge on any atom is 0.000756 e. The van der Waals surface area contributed by atoms with Gasteiger partial charge in [-0.05, 0) is 90.8 Å². The summed E-state index contributed by atoms with van der Waals surface area (Å²) in [6.45, 7) is 7.69. The van der Waals surface area contributed by atoms with Crippen LogP contribution in [0.25, 0.3) is 0 Å². The van der Waals surface area contributed by atoms with Gasteiger partial charge < -0.3 is 15.1 Å². The first-order valence-corrected chi connectivity index (χ1v) is 7.82. The maximum atomic E-state index is 3.52. The van der Waals surface area contributed by atoms with Crippen molar-refractivity contribution in [3.8, 4) is 0 Å². The quantitative estimate of drug-likeness (QED) is 0.776. The monoisotopic (exact) mass is 253 g/mol. The molecule has 0 spiro atoms.